The van der Waals surface area contributed by atoms with Gasteiger partial charge in [0.05, 0.1) is 0 Å². The summed E-state index contributed by atoms with van der Waals surface area (Å²) in [5.74, 6) is 0. The topological polar surface area (TPSA) is 18.5 Å². The minimum Gasteiger partial charge on any atom is -0.353 e. The van der Waals surface area contributed by atoms with Gasteiger partial charge in [-0.3, -0.25) is 0 Å². The van der Waals surface area contributed by atoms with Crippen LogP contribution in [0.3, 0.4) is 0 Å². The van der Waals surface area contributed by atoms with Crippen molar-refractivity contribution in [1.82, 2.24) is 0 Å². The number of allylic oxidation sites excluding steroid dienone is 2. The number of rotatable bonds is 32. The first-order valence-corrected chi connectivity index (χ1v) is 18.3. The molecule has 0 aliphatic heterocycles. The van der Waals surface area contributed by atoms with Crippen molar-refractivity contribution in [1.29, 1.82) is 0 Å². The molecule has 0 aliphatic carbocycles. The number of hydrogen-bond acceptors (Lipinski definition) is 2. The fraction of sp³-hybridized carbons (Fsp3) is 0.941. The van der Waals surface area contributed by atoms with Crippen LogP contribution >= 0.6 is 22.6 Å². The molecule has 0 bridgehead atoms. The van der Waals surface area contributed by atoms with E-state index in [2.05, 4.69) is 48.6 Å². The summed E-state index contributed by atoms with van der Waals surface area (Å²) >= 11 is 2.45. The lowest BCUT2D eigenvalue weighted by Crippen LogP contribution is -2.19. The maximum Gasteiger partial charge on any atom is 0.157 e. The Morgan fingerprint density at radius 2 is 0.838 bits per heavy atom. The summed E-state index contributed by atoms with van der Waals surface area (Å²) in [5, 5.41) is 0. The fourth-order valence-electron chi connectivity index (χ4n) is 4.87. The summed E-state index contributed by atoms with van der Waals surface area (Å²) in [6.45, 7) is 6.34. The van der Waals surface area contributed by atoms with Crippen LogP contribution in [-0.2, 0) is 9.47 Å². The summed E-state index contributed by atoms with van der Waals surface area (Å²) in [6, 6.07) is 0. The maximum atomic E-state index is 6.23. The molecule has 0 fully saturated rings. The maximum absolute atomic E-state index is 6.23. The lowest BCUT2D eigenvalue weighted by molar-refractivity contribution is -0.148. The van der Waals surface area contributed by atoms with E-state index >= 15 is 0 Å². The van der Waals surface area contributed by atoms with Gasteiger partial charge in [0.1, 0.15) is 0 Å². The lowest BCUT2D eigenvalue weighted by atomic mass is 10.1. The first kappa shape index (κ1) is 37.4. The van der Waals surface area contributed by atoms with Crippen molar-refractivity contribution in [2.24, 2.45) is 0 Å². The summed E-state index contributed by atoms with van der Waals surface area (Å²) in [6.07, 6.45) is 39.5. The summed E-state index contributed by atoms with van der Waals surface area (Å²) in [5.41, 5.74) is 0. The molecule has 0 heterocycles. The fourth-order valence-corrected chi connectivity index (χ4v) is 5.23. The van der Waals surface area contributed by atoms with E-state index in [0.29, 0.717) is 0 Å². The number of unbranched alkanes of at least 4 members (excludes halogenated alkanes) is 21. The Morgan fingerprint density at radius 1 is 0.459 bits per heavy atom. The Labute approximate surface area is 248 Å². The second-order valence-corrected chi connectivity index (χ2v) is 12.2. The predicted molar refractivity (Wildman–Crippen MR) is 175 cm³/mol. The van der Waals surface area contributed by atoms with E-state index in [1.54, 1.807) is 0 Å². The first-order chi connectivity index (χ1) is 18.3. The van der Waals surface area contributed by atoms with Gasteiger partial charge in [-0.15, -0.1) is 0 Å². The highest BCUT2D eigenvalue weighted by atomic mass is 127. The van der Waals surface area contributed by atoms with Gasteiger partial charge in [-0.05, 0) is 44.9 Å². The van der Waals surface area contributed by atoms with E-state index in [1.165, 1.54) is 165 Å². The molecule has 0 spiro atoms. The third-order valence-electron chi connectivity index (χ3n) is 7.36. The van der Waals surface area contributed by atoms with Gasteiger partial charge in [-0.1, -0.05) is 171 Å². The van der Waals surface area contributed by atoms with Crippen molar-refractivity contribution < 1.29 is 9.47 Å². The first-order valence-electron chi connectivity index (χ1n) is 16.8. The third kappa shape index (κ3) is 32.5. The normalized spacial score (nSPS) is 11.9. The van der Waals surface area contributed by atoms with Crippen LogP contribution in [0.15, 0.2) is 12.2 Å². The van der Waals surface area contributed by atoms with Crippen LogP contribution in [0.5, 0.6) is 0 Å². The van der Waals surface area contributed by atoms with Crippen molar-refractivity contribution in [2.45, 2.75) is 187 Å². The number of alkyl halides is 1. The number of halogens is 1. The molecule has 222 valence electrons. The van der Waals surface area contributed by atoms with Gasteiger partial charge >= 0.3 is 0 Å². The zero-order chi connectivity index (χ0) is 26.9. The van der Waals surface area contributed by atoms with E-state index in [1.807, 2.05) is 0 Å². The van der Waals surface area contributed by atoms with Crippen LogP contribution in [0, 0.1) is 0 Å². The average molecular weight is 635 g/mol. The molecule has 2 nitrogen and oxygen atoms in total. The minimum absolute atomic E-state index is 0.0310. The van der Waals surface area contributed by atoms with Crippen LogP contribution in [0.1, 0.15) is 181 Å². The largest absolute Gasteiger partial charge is 0.353 e. The summed E-state index contributed by atoms with van der Waals surface area (Å²) < 4.78 is 13.7. The zero-order valence-electron chi connectivity index (χ0n) is 25.4. The highest BCUT2D eigenvalue weighted by Crippen LogP contribution is 2.15. The van der Waals surface area contributed by atoms with Gasteiger partial charge in [0.15, 0.2) is 6.29 Å². The molecule has 0 saturated heterocycles. The third-order valence-corrected chi connectivity index (χ3v) is 7.98. The van der Waals surface area contributed by atoms with Crippen LogP contribution < -0.4 is 0 Å². The lowest BCUT2D eigenvalue weighted by Gasteiger charge is -2.19. The predicted octanol–water partition coefficient (Wildman–Crippen LogP) is 12.5. The molecule has 0 aromatic rings. The van der Waals surface area contributed by atoms with Crippen molar-refractivity contribution >= 4 is 22.6 Å². The average Bonchev–Trinajstić information content (AvgIpc) is 2.91. The molecule has 0 atom stereocenters. The molecule has 0 aromatic carbocycles. The SMILES string of the molecule is CCCCCCCCCCOC(CCCCCCCCC/C=C/CCI)OCCCCCCCCCC. The molecule has 0 saturated carbocycles. The van der Waals surface area contributed by atoms with Crippen LogP contribution in [0.25, 0.3) is 0 Å². The summed E-state index contributed by atoms with van der Waals surface area (Å²) in [4.78, 5) is 0. The minimum atomic E-state index is 0.0310. The molecule has 37 heavy (non-hydrogen) atoms. The van der Waals surface area contributed by atoms with Crippen molar-refractivity contribution in [3.8, 4) is 0 Å². The Hall–Kier alpha value is 0.390. The van der Waals surface area contributed by atoms with E-state index in [0.717, 1.165) is 19.6 Å². The zero-order valence-corrected chi connectivity index (χ0v) is 27.6. The molecular formula is C34H67IO2. The van der Waals surface area contributed by atoms with Crippen LogP contribution in [0.2, 0.25) is 0 Å². The quantitative estimate of drug-likeness (QED) is 0.0241. The van der Waals surface area contributed by atoms with Crippen LogP contribution in [0.4, 0.5) is 0 Å². The molecule has 0 aliphatic rings. The van der Waals surface area contributed by atoms with E-state index in [4.69, 9.17) is 9.47 Å². The Bertz CT molecular complexity index is 404. The molecule has 0 rings (SSSR count). The molecule has 0 radical (unpaired) electrons. The number of ether oxygens (including phenoxy) is 2. The smallest absolute Gasteiger partial charge is 0.157 e. The van der Waals surface area contributed by atoms with Gasteiger partial charge in [0.25, 0.3) is 0 Å². The Morgan fingerprint density at radius 3 is 1.30 bits per heavy atom. The number of hydrogen-bond donors (Lipinski definition) is 0. The van der Waals surface area contributed by atoms with E-state index in [9.17, 15) is 0 Å². The Kier molecular flexibility index (Phi) is 34.8. The monoisotopic (exact) mass is 634 g/mol. The molecule has 0 aromatic heterocycles. The van der Waals surface area contributed by atoms with E-state index in [-0.39, 0.29) is 6.29 Å². The highest BCUT2D eigenvalue weighted by molar-refractivity contribution is 14.1. The molecule has 3 heteroatoms. The van der Waals surface area contributed by atoms with Crippen molar-refractivity contribution in [3.05, 3.63) is 12.2 Å². The van der Waals surface area contributed by atoms with Crippen molar-refractivity contribution in [2.75, 3.05) is 17.6 Å². The molecule has 0 unspecified atom stereocenters. The van der Waals surface area contributed by atoms with Gasteiger partial charge in [0.2, 0.25) is 0 Å². The second kappa shape index (κ2) is 34.4. The van der Waals surface area contributed by atoms with Gasteiger partial charge in [0, 0.05) is 17.6 Å². The van der Waals surface area contributed by atoms with Gasteiger partial charge < -0.3 is 9.47 Å². The second-order valence-electron chi connectivity index (χ2n) is 11.1. The van der Waals surface area contributed by atoms with Crippen LogP contribution in [-0.4, -0.2) is 23.9 Å². The highest BCUT2D eigenvalue weighted by Gasteiger charge is 2.09. The molecule has 0 amide bonds. The Balaban J connectivity index is 3.88. The molecule has 0 N–H and O–H groups in total. The van der Waals surface area contributed by atoms with Gasteiger partial charge in [-0.2, -0.15) is 0 Å². The standard InChI is InChI=1S/C34H67IO2/c1-3-5-7-9-11-20-24-28-32-36-34(37-33-29-25-21-12-10-8-6-4-2)30-26-22-18-16-14-13-15-17-19-23-27-31-35/h19,23,34H,3-18,20-22,24-33H2,1-2H3/b23-19+. The molecular weight excluding hydrogens is 567 g/mol. The summed E-state index contributed by atoms with van der Waals surface area (Å²) in [7, 11) is 0. The van der Waals surface area contributed by atoms with Crippen molar-refractivity contribution in [3.63, 3.8) is 0 Å². The van der Waals surface area contributed by atoms with Gasteiger partial charge in [-0.25, -0.2) is 0 Å². The van der Waals surface area contributed by atoms with E-state index < -0.39 is 0 Å².